The Balaban J connectivity index is 1.28. The van der Waals surface area contributed by atoms with E-state index in [0.29, 0.717) is 38.2 Å². The number of nitrogens with one attached hydrogen (secondary N) is 1. The fourth-order valence-corrected chi connectivity index (χ4v) is 5.81. The number of likely N-dealkylation sites (tertiary alicyclic amines) is 1. The van der Waals surface area contributed by atoms with Gasteiger partial charge < -0.3 is 15.2 Å². The number of aromatic nitrogens is 1. The first kappa shape index (κ1) is 29.4. The number of nitrogens with zero attached hydrogens (tertiary/aromatic N) is 2. The van der Waals surface area contributed by atoms with Gasteiger partial charge in [0.1, 0.15) is 12.4 Å². The van der Waals surface area contributed by atoms with Crippen molar-refractivity contribution >= 4 is 28.2 Å². The number of fused-ring (bicyclic) bond motifs is 1. The third-order valence-corrected chi connectivity index (χ3v) is 7.93. The van der Waals surface area contributed by atoms with E-state index in [1.165, 1.54) is 0 Å². The monoisotopic (exact) mass is 577 g/mol. The van der Waals surface area contributed by atoms with Gasteiger partial charge in [0.05, 0.1) is 16.5 Å². The molecule has 2 N–H and O–H groups in total. The fourth-order valence-electron chi connectivity index (χ4n) is 5.81. The third-order valence-electron chi connectivity index (χ3n) is 7.93. The number of aliphatic carboxylic acids is 1. The number of pyridine rings is 1. The van der Waals surface area contributed by atoms with Crippen molar-refractivity contribution in [2.45, 2.75) is 45.2 Å². The summed E-state index contributed by atoms with van der Waals surface area (Å²) in [7, 11) is 0. The van der Waals surface area contributed by atoms with Crippen molar-refractivity contribution in [2.24, 2.45) is 0 Å². The molecule has 5 rings (SSSR count). The minimum atomic E-state index is -4.55. The predicted octanol–water partition coefficient (Wildman–Crippen LogP) is 7.42. The van der Waals surface area contributed by atoms with E-state index in [2.05, 4.69) is 15.2 Å². The lowest BCUT2D eigenvalue weighted by atomic mass is 9.72. The quantitative estimate of drug-likeness (QED) is 0.227. The number of carboxylic acid groups (broad SMARTS) is 1. The number of anilines is 2. The lowest BCUT2D eigenvalue weighted by Crippen LogP contribution is -2.48. The van der Waals surface area contributed by atoms with Crippen molar-refractivity contribution < 1.29 is 27.8 Å². The van der Waals surface area contributed by atoms with Crippen LogP contribution in [0, 0.1) is 20.8 Å². The molecule has 0 bridgehead atoms. The second kappa shape index (κ2) is 11.6. The Morgan fingerprint density at radius 3 is 2.36 bits per heavy atom. The molecule has 3 aromatic carbocycles. The van der Waals surface area contributed by atoms with E-state index in [1.54, 1.807) is 12.1 Å². The van der Waals surface area contributed by atoms with E-state index < -0.39 is 23.1 Å². The normalized spacial score (nSPS) is 15.5. The molecule has 0 unspecified atom stereocenters. The van der Waals surface area contributed by atoms with Crippen LogP contribution in [-0.4, -0.2) is 47.2 Å². The highest BCUT2D eigenvalue weighted by atomic mass is 19.4. The molecular formula is C33H34F3N3O3. The molecule has 2 heterocycles. The second-order valence-corrected chi connectivity index (χ2v) is 11.2. The van der Waals surface area contributed by atoms with Gasteiger partial charge in [0.15, 0.2) is 0 Å². The van der Waals surface area contributed by atoms with Gasteiger partial charge in [-0.15, -0.1) is 0 Å². The largest absolute Gasteiger partial charge is 0.492 e. The SMILES string of the molecule is Cc1cc(C)cc(C2(C(=O)O)CCN(CCOc3cc(Nc4cc(C)nc5ccccc45)cc(C(F)(F)F)c3)CC2)c1. The maximum absolute atomic E-state index is 13.8. The standard InChI is InChI=1S/C33H34F3N3O3/c1-21-14-22(2)16-24(15-21)32(31(40)41)8-10-39(11-9-32)12-13-42-27-19-25(33(34,35)36)18-26(20-27)38-30-17-23(3)37-29-7-5-4-6-28(29)30/h4-7,14-20H,8-13H2,1-3H3,(H,37,38)(H,40,41). The number of hydrogen-bond donors (Lipinski definition) is 2. The molecule has 42 heavy (non-hydrogen) atoms. The molecule has 1 aliphatic heterocycles. The molecule has 1 aliphatic rings. The molecule has 1 fully saturated rings. The summed E-state index contributed by atoms with van der Waals surface area (Å²) in [6.07, 6.45) is -3.66. The average molecular weight is 578 g/mol. The van der Waals surface area contributed by atoms with Gasteiger partial charge in [0.2, 0.25) is 0 Å². The van der Waals surface area contributed by atoms with Crippen LogP contribution in [-0.2, 0) is 16.4 Å². The van der Waals surface area contributed by atoms with Gasteiger partial charge in [0.25, 0.3) is 0 Å². The summed E-state index contributed by atoms with van der Waals surface area (Å²) >= 11 is 0. The first-order valence-corrected chi connectivity index (χ1v) is 14.0. The van der Waals surface area contributed by atoms with Gasteiger partial charge in [-0.05, 0) is 76.5 Å². The van der Waals surface area contributed by atoms with Crippen LogP contribution in [0.3, 0.4) is 0 Å². The topological polar surface area (TPSA) is 74.7 Å². The van der Waals surface area contributed by atoms with Crippen LogP contribution in [0.15, 0.2) is 66.7 Å². The number of aryl methyl sites for hydroxylation is 3. The van der Waals surface area contributed by atoms with Crippen molar-refractivity contribution in [1.82, 2.24) is 9.88 Å². The zero-order chi connectivity index (χ0) is 30.1. The van der Waals surface area contributed by atoms with Crippen LogP contribution < -0.4 is 10.1 Å². The van der Waals surface area contributed by atoms with E-state index in [4.69, 9.17) is 4.74 Å². The molecule has 0 spiro atoms. The molecule has 0 radical (unpaired) electrons. The molecule has 0 atom stereocenters. The molecule has 0 saturated carbocycles. The second-order valence-electron chi connectivity index (χ2n) is 11.2. The van der Waals surface area contributed by atoms with Crippen LogP contribution >= 0.6 is 0 Å². The van der Waals surface area contributed by atoms with Crippen molar-refractivity contribution in [3.8, 4) is 5.75 Å². The predicted molar refractivity (Wildman–Crippen MR) is 158 cm³/mol. The number of piperidine rings is 1. The highest BCUT2D eigenvalue weighted by Gasteiger charge is 2.43. The van der Waals surface area contributed by atoms with Crippen LogP contribution in [0.1, 0.15) is 40.8 Å². The van der Waals surface area contributed by atoms with Gasteiger partial charge in [-0.25, -0.2) is 0 Å². The van der Waals surface area contributed by atoms with E-state index in [-0.39, 0.29) is 18.0 Å². The highest BCUT2D eigenvalue weighted by Crippen LogP contribution is 2.38. The van der Waals surface area contributed by atoms with Gasteiger partial charge in [-0.2, -0.15) is 13.2 Å². The van der Waals surface area contributed by atoms with Gasteiger partial charge >= 0.3 is 12.1 Å². The molecule has 1 saturated heterocycles. The minimum Gasteiger partial charge on any atom is -0.492 e. The Morgan fingerprint density at radius 1 is 1.00 bits per heavy atom. The highest BCUT2D eigenvalue weighted by molar-refractivity contribution is 5.93. The Bertz CT molecular complexity index is 1590. The number of carbonyl (C=O) groups is 1. The molecule has 220 valence electrons. The van der Waals surface area contributed by atoms with E-state index in [0.717, 1.165) is 45.4 Å². The van der Waals surface area contributed by atoms with Crippen LogP contribution in [0.2, 0.25) is 0 Å². The van der Waals surface area contributed by atoms with Crippen LogP contribution in [0.4, 0.5) is 24.5 Å². The minimum absolute atomic E-state index is 0.106. The van der Waals surface area contributed by atoms with Gasteiger partial charge in [0, 0.05) is 35.1 Å². The summed E-state index contributed by atoms with van der Waals surface area (Å²) in [5.74, 6) is -0.723. The van der Waals surface area contributed by atoms with E-state index in [9.17, 15) is 23.1 Å². The number of para-hydroxylation sites is 1. The first-order valence-electron chi connectivity index (χ1n) is 14.0. The Kier molecular flexibility index (Phi) is 8.14. The van der Waals surface area contributed by atoms with Crippen LogP contribution in [0.5, 0.6) is 5.75 Å². The summed E-state index contributed by atoms with van der Waals surface area (Å²) in [6, 6.07) is 18.8. The Hall–Kier alpha value is -4.11. The lowest BCUT2D eigenvalue weighted by Gasteiger charge is -2.39. The molecule has 1 aromatic heterocycles. The smallest absolute Gasteiger partial charge is 0.416 e. The molecule has 4 aromatic rings. The van der Waals surface area contributed by atoms with Crippen LogP contribution in [0.25, 0.3) is 10.9 Å². The summed E-state index contributed by atoms with van der Waals surface area (Å²) < 4.78 is 47.2. The summed E-state index contributed by atoms with van der Waals surface area (Å²) in [6.45, 7) is 7.50. The molecule has 6 nitrogen and oxygen atoms in total. The maximum atomic E-state index is 13.8. The first-order chi connectivity index (χ1) is 19.9. The summed E-state index contributed by atoms with van der Waals surface area (Å²) in [5, 5.41) is 14.1. The molecular weight excluding hydrogens is 543 g/mol. The van der Waals surface area contributed by atoms with Gasteiger partial charge in [-0.3, -0.25) is 14.7 Å². The Labute approximate surface area is 243 Å². The Morgan fingerprint density at radius 2 is 1.69 bits per heavy atom. The molecule has 9 heteroatoms. The average Bonchev–Trinajstić information content (AvgIpc) is 2.92. The number of hydrogen-bond acceptors (Lipinski definition) is 5. The zero-order valence-electron chi connectivity index (χ0n) is 23.9. The lowest BCUT2D eigenvalue weighted by molar-refractivity contribution is -0.146. The number of rotatable bonds is 8. The molecule has 0 amide bonds. The summed E-state index contributed by atoms with van der Waals surface area (Å²) in [5.41, 5.74) is 3.52. The van der Waals surface area contributed by atoms with Crippen molar-refractivity contribution in [3.05, 3.63) is 94.7 Å². The van der Waals surface area contributed by atoms with Crippen molar-refractivity contribution in [2.75, 3.05) is 31.6 Å². The maximum Gasteiger partial charge on any atom is 0.416 e. The van der Waals surface area contributed by atoms with E-state index >= 15 is 0 Å². The number of ether oxygens (including phenoxy) is 1. The third kappa shape index (κ3) is 6.36. The number of alkyl halides is 3. The fraction of sp³-hybridized carbons (Fsp3) is 0.333. The zero-order valence-corrected chi connectivity index (χ0v) is 23.9. The number of carboxylic acids is 1. The number of halogens is 3. The number of benzene rings is 3. The van der Waals surface area contributed by atoms with Gasteiger partial charge in [-0.1, -0.05) is 47.5 Å². The summed E-state index contributed by atoms with van der Waals surface area (Å²) in [4.78, 5) is 19.0. The molecule has 0 aliphatic carbocycles. The van der Waals surface area contributed by atoms with Crippen molar-refractivity contribution in [1.29, 1.82) is 0 Å². The van der Waals surface area contributed by atoms with E-state index in [1.807, 2.05) is 63.2 Å². The van der Waals surface area contributed by atoms with Crippen molar-refractivity contribution in [3.63, 3.8) is 0 Å².